The Morgan fingerprint density at radius 2 is 1.21 bits per heavy atom. The smallest absolute Gasteiger partial charge is 0.238 e. The molecule has 0 spiro atoms. The number of nitrogens with two attached hydrogens (primary N) is 1. The Labute approximate surface area is 177 Å². The van der Waals surface area contributed by atoms with Crippen LogP contribution in [0.2, 0.25) is 5.02 Å². The van der Waals surface area contributed by atoms with Gasteiger partial charge < -0.3 is 9.80 Å². The predicted molar refractivity (Wildman–Crippen MR) is 122 cm³/mol. The summed E-state index contributed by atoms with van der Waals surface area (Å²) in [6.07, 6.45) is 0. The maximum Gasteiger partial charge on any atom is 0.238 e. The molecule has 0 radical (unpaired) electrons. The number of benzene rings is 3. The topological polar surface area (TPSA) is 66.6 Å². The van der Waals surface area contributed by atoms with Crippen molar-refractivity contribution in [2.45, 2.75) is 4.90 Å². The molecule has 3 rings (SSSR count). The van der Waals surface area contributed by atoms with Crippen molar-refractivity contribution in [3.05, 3.63) is 65.7 Å². The largest absolute Gasteiger partial charge is 0.376 e. The van der Waals surface area contributed by atoms with Crippen molar-refractivity contribution in [1.29, 1.82) is 0 Å². The van der Waals surface area contributed by atoms with E-state index in [1.807, 2.05) is 62.3 Å². The SMILES string of the molecule is CN(C)c1cc(-c2ccccc2-c2ccc(S(N)(=O)=O)cc2)cc(N(C)C)c1Cl. The fourth-order valence-electron chi connectivity index (χ4n) is 3.21. The zero-order valence-corrected chi connectivity index (χ0v) is 18.4. The third-order valence-corrected chi connectivity index (χ3v) is 6.05. The van der Waals surface area contributed by atoms with Crippen LogP contribution in [0.3, 0.4) is 0 Å². The molecule has 0 aliphatic heterocycles. The molecule has 0 saturated heterocycles. The molecule has 0 heterocycles. The number of rotatable bonds is 5. The third-order valence-electron chi connectivity index (χ3n) is 4.73. The maximum atomic E-state index is 11.6. The first-order chi connectivity index (χ1) is 13.6. The number of sulfonamides is 1. The second-order valence-corrected chi connectivity index (χ2v) is 9.17. The molecule has 152 valence electrons. The Morgan fingerprint density at radius 1 is 0.759 bits per heavy atom. The van der Waals surface area contributed by atoms with Crippen LogP contribution in [-0.4, -0.2) is 36.6 Å². The zero-order valence-electron chi connectivity index (χ0n) is 16.8. The van der Waals surface area contributed by atoms with E-state index in [-0.39, 0.29) is 4.90 Å². The molecule has 0 aliphatic carbocycles. The minimum Gasteiger partial charge on any atom is -0.376 e. The molecule has 3 aromatic carbocycles. The van der Waals surface area contributed by atoms with Gasteiger partial charge in [-0.05, 0) is 46.5 Å². The third kappa shape index (κ3) is 4.40. The number of primary sulfonamides is 1. The molecule has 2 N–H and O–H groups in total. The van der Waals surface area contributed by atoms with Gasteiger partial charge in [-0.3, -0.25) is 0 Å². The van der Waals surface area contributed by atoms with Gasteiger partial charge in [0.25, 0.3) is 0 Å². The summed E-state index contributed by atoms with van der Waals surface area (Å²) < 4.78 is 23.1. The summed E-state index contributed by atoms with van der Waals surface area (Å²) in [5.41, 5.74) is 5.79. The van der Waals surface area contributed by atoms with Gasteiger partial charge >= 0.3 is 0 Å². The lowest BCUT2D eigenvalue weighted by atomic mass is 9.94. The highest BCUT2D eigenvalue weighted by atomic mass is 35.5. The molecule has 7 heteroatoms. The van der Waals surface area contributed by atoms with Crippen LogP contribution in [0.25, 0.3) is 22.3 Å². The van der Waals surface area contributed by atoms with Gasteiger partial charge in [0.2, 0.25) is 10.0 Å². The standard InChI is InChI=1S/C22H24ClN3O2S/c1-25(2)20-13-16(14-21(22(20)23)26(3)4)19-8-6-5-7-18(19)15-9-11-17(12-10-15)29(24,27)28/h5-14H,1-4H3,(H2,24,27,28). The number of halogens is 1. The predicted octanol–water partition coefficient (Wildman–Crippen LogP) is 4.45. The molecule has 5 nitrogen and oxygen atoms in total. The van der Waals surface area contributed by atoms with Crippen molar-refractivity contribution in [3.8, 4) is 22.3 Å². The molecular formula is C22H24ClN3O2S. The van der Waals surface area contributed by atoms with E-state index in [4.69, 9.17) is 16.7 Å². The van der Waals surface area contributed by atoms with Crippen molar-refractivity contribution in [1.82, 2.24) is 0 Å². The molecule has 0 bridgehead atoms. The van der Waals surface area contributed by atoms with E-state index in [9.17, 15) is 8.42 Å². The van der Waals surface area contributed by atoms with Crippen LogP contribution in [0.5, 0.6) is 0 Å². The van der Waals surface area contributed by atoms with Gasteiger partial charge in [0.15, 0.2) is 0 Å². The molecule has 0 fully saturated rings. The van der Waals surface area contributed by atoms with Crippen LogP contribution >= 0.6 is 11.6 Å². The van der Waals surface area contributed by atoms with Crippen LogP contribution in [0, 0.1) is 0 Å². The molecule has 0 saturated carbocycles. The Bertz CT molecular complexity index is 1110. The van der Waals surface area contributed by atoms with Gasteiger partial charge in [-0.1, -0.05) is 48.0 Å². The minimum absolute atomic E-state index is 0.0926. The van der Waals surface area contributed by atoms with Crippen molar-refractivity contribution < 1.29 is 8.42 Å². The fraction of sp³-hybridized carbons (Fsp3) is 0.182. The first kappa shape index (κ1) is 21.2. The highest BCUT2D eigenvalue weighted by molar-refractivity contribution is 7.89. The number of hydrogen-bond acceptors (Lipinski definition) is 4. The molecule has 29 heavy (non-hydrogen) atoms. The van der Waals surface area contributed by atoms with E-state index in [1.54, 1.807) is 12.1 Å². The fourth-order valence-corrected chi connectivity index (χ4v) is 4.17. The molecule has 0 unspecified atom stereocenters. The molecule has 0 aromatic heterocycles. The monoisotopic (exact) mass is 429 g/mol. The van der Waals surface area contributed by atoms with E-state index in [2.05, 4.69) is 12.1 Å². The maximum absolute atomic E-state index is 11.6. The van der Waals surface area contributed by atoms with Crippen LogP contribution in [0.15, 0.2) is 65.6 Å². The van der Waals surface area contributed by atoms with Crippen LogP contribution < -0.4 is 14.9 Å². The average molecular weight is 430 g/mol. The van der Waals surface area contributed by atoms with E-state index in [0.29, 0.717) is 5.02 Å². The second-order valence-electron chi connectivity index (χ2n) is 7.23. The summed E-state index contributed by atoms with van der Waals surface area (Å²) in [6.45, 7) is 0. The molecule has 0 aliphatic rings. The molecule has 0 atom stereocenters. The van der Waals surface area contributed by atoms with Crippen molar-refractivity contribution >= 4 is 33.0 Å². The summed E-state index contributed by atoms with van der Waals surface area (Å²) in [6, 6.07) is 18.7. The molecular weight excluding hydrogens is 406 g/mol. The first-order valence-electron chi connectivity index (χ1n) is 9.00. The zero-order chi connectivity index (χ0) is 21.3. The lowest BCUT2D eigenvalue weighted by Gasteiger charge is -2.23. The van der Waals surface area contributed by atoms with Crippen molar-refractivity contribution in [2.24, 2.45) is 5.14 Å². The Morgan fingerprint density at radius 3 is 1.62 bits per heavy atom. The highest BCUT2D eigenvalue weighted by Crippen LogP contribution is 2.41. The average Bonchev–Trinajstić information content (AvgIpc) is 2.67. The van der Waals surface area contributed by atoms with Gasteiger partial charge in [0.05, 0.1) is 21.3 Å². The van der Waals surface area contributed by atoms with Crippen LogP contribution in [0.4, 0.5) is 11.4 Å². The van der Waals surface area contributed by atoms with Crippen molar-refractivity contribution in [2.75, 3.05) is 38.0 Å². The lowest BCUT2D eigenvalue weighted by molar-refractivity contribution is 0.598. The highest BCUT2D eigenvalue weighted by Gasteiger charge is 2.16. The lowest BCUT2D eigenvalue weighted by Crippen LogP contribution is -2.14. The van der Waals surface area contributed by atoms with E-state index in [0.717, 1.165) is 33.6 Å². The van der Waals surface area contributed by atoms with Gasteiger partial charge in [-0.15, -0.1) is 0 Å². The number of anilines is 2. The van der Waals surface area contributed by atoms with Gasteiger partial charge in [-0.25, -0.2) is 13.6 Å². The van der Waals surface area contributed by atoms with Crippen molar-refractivity contribution in [3.63, 3.8) is 0 Å². The van der Waals surface area contributed by atoms with Crippen LogP contribution in [0.1, 0.15) is 0 Å². The van der Waals surface area contributed by atoms with E-state index >= 15 is 0 Å². The summed E-state index contributed by atoms with van der Waals surface area (Å²) >= 11 is 6.62. The van der Waals surface area contributed by atoms with E-state index in [1.165, 1.54) is 12.1 Å². The molecule has 0 amide bonds. The normalized spacial score (nSPS) is 11.4. The summed E-state index contributed by atoms with van der Waals surface area (Å²) in [5, 5.41) is 5.91. The van der Waals surface area contributed by atoms with Gasteiger partial charge in [0, 0.05) is 28.2 Å². The van der Waals surface area contributed by atoms with Gasteiger partial charge in [-0.2, -0.15) is 0 Å². The Kier molecular flexibility index (Phi) is 5.89. The Hall–Kier alpha value is -2.54. The minimum atomic E-state index is -3.72. The summed E-state index contributed by atoms with van der Waals surface area (Å²) in [7, 11) is 4.12. The Balaban J connectivity index is 2.20. The van der Waals surface area contributed by atoms with Crippen LogP contribution in [-0.2, 0) is 10.0 Å². The number of hydrogen-bond donors (Lipinski definition) is 1. The summed E-state index contributed by atoms with van der Waals surface area (Å²) in [5.74, 6) is 0. The van der Waals surface area contributed by atoms with Gasteiger partial charge in [0.1, 0.15) is 0 Å². The summed E-state index contributed by atoms with van der Waals surface area (Å²) in [4.78, 5) is 4.07. The molecule has 3 aromatic rings. The quantitative estimate of drug-likeness (QED) is 0.650. The first-order valence-corrected chi connectivity index (χ1v) is 10.9. The number of nitrogens with zero attached hydrogens (tertiary/aromatic N) is 2. The van der Waals surface area contributed by atoms with E-state index < -0.39 is 10.0 Å². The second kappa shape index (κ2) is 8.06.